The minimum absolute atomic E-state index is 0.206. The molecule has 0 saturated carbocycles. The Morgan fingerprint density at radius 1 is 1.35 bits per heavy atom. The van der Waals surface area contributed by atoms with E-state index in [1.165, 1.54) is 24.3 Å². The standard InChI is InChI=1S/C10H10F2O4S/c1-17(15,16)8-5-3-2-4-7(8)6-10(11,12)9(13)14/h2-5H,6H2,1H3,(H,13,14). The van der Waals surface area contributed by atoms with Crippen LogP contribution < -0.4 is 0 Å². The Morgan fingerprint density at radius 3 is 2.35 bits per heavy atom. The van der Waals surface area contributed by atoms with Crippen LogP contribution in [0.5, 0.6) is 0 Å². The summed E-state index contributed by atoms with van der Waals surface area (Å²) in [7, 11) is -3.66. The fourth-order valence-electron chi connectivity index (χ4n) is 1.33. The van der Waals surface area contributed by atoms with Gasteiger partial charge in [-0.15, -0.1) is 0 Å². The van der Waals surface area contributed by atoms with Gasteiger partial charge in [0.05, 0.1) is 4.90 Å². The van der Waals surface area contributed by atoms with Gasteiger partial charge in [0, 0.05) is 12.7 Å². The van der Waals surface area contributed by atoms with Gasteiger partial charge in [-0.05, 0) is 11.6 Å². The van der Waals surface area contributed by atoms with Crippen LogP contribution in [-0.4, -0.2) is 31.7 Å². The van der Waals surface area contributed by atoms with Crippen LogP contribution in [0.25, 0.3) is 0 Å². The first-order valence-electron chi connectivity index (χ1n) is 4.54. The van der Waals surface area contributed by atoms with Crippen molar-refractivity contribution in [1.29, 1.82) is 0 Å². The summed E-state index contributed by atoms with van der Waals surface area (Å²) in [6.07, 6.45) is -0.268. The third kappa shape index (κ3) is 3.23. The third-order valence-corrected chi connectivity index (χ3v) is 3.29. The highest BCUT2D eigenvalue weighted by Gasteiger charge is 2.39. The van der Waals surface area contributed by atoms with E-state index >= 15 is 0 Å². The summed E-state index contributed by atoms with van der Waals surface area (Å²) in [4.78, 5) is 10.0. The van der Waals surface area contributed by atoms with Crippen LogP contribution in [0.2, 0.25) is 0 Å². The Morgan fingerprint density at radius 2 is 1.88 bits per heavy atom. The number of aliphatic carboxylic acids is 1. The molecule has 1 rings (SSSR count). The molecular weight excluding hydrogens is 254 g/mol. The molecule has 0 bridgehead atoms. The zero-order valence-corrected chi connectivity index (χ0v) is 9.67. The summed E-state index contributed by atoms with van der Waals surface area (Å²) in [5.41, 5.74) is -0.206. The van der Waals surface area contributed by atoms with E-state index in [9.17, 15) is 22.0 Å². The first-order valence-corrected chi connectivity index (χ1v) is 6.43. The molecule has 0 fully saturated rings. The third-order valence-electron chi connectivity index (χ3n) is 2.10. The average molecular weight is 264 g/mol. The molecule has 0 unspecified atom stereocenters. The number of carboxylic acids is 1. The fraction of sp³-hybridized carbons (Fsp3) is 0.300. The van der Waals surface area contributed by atoms with E-state index < -0.39 is 28.1 Å². The summed E-state index contributed by atoms with van der Waals surface area (Å²) >= 11 is 0. The van der Waals surface area contributed by atoms with Crippen molar-refractivity contribution >= 4 is 15.8 Å². The molecule has 0 aliphatic rings. The van der Waals surface area contributed by atoms with Crippen LogP contribution in [0.15, 0.2) is 29.2 Å². The predicted molar refractivity (Wildman–Crippen MR) is 55.8 cm³/mol. The van der Waals surface area contributed by atoms with Crippen molar-refractivity contribution in [2.45, 2.75) is 17.2 Å². The summed E-state index contributed by atoms with van der Waals surface area (Å²) in [5.74, 6) is -6.26. The topological polar surface area (TPSA) is 71.4 Å². The first-order chi connectivity index (χ1) is 7.64. The summed E-state index contributed by atoms with van der Waals surface area (Å²) in [6.45, 7) is 0. The number of hydrogen-bond acceptors (Lipinski definition) is 3. The Labute approximate surface area is 96.8 Å². The maximum Gasteiger partial charge on any atom is 0.374 e. The molecule has 0 amide bonds. The zero-order valence-electron chi connectivity index (χ0n) is 8.85. The molecule has 0 aromatic heterocycles. The van der Waals surface area contributed by atoms with Crippen LogP contribution in [0.1, 0.15) is 5.56 Å². The molecule has 7 heteroatoms. The molecule has 0 atom stereocenters. The van der Waals surface area contributed by atoms with Crippen LogP contribution >= 0.6 is 0 Å². The largest absolute Gasteiger partial charge is 0.477 e. The van der Waals surface area contributed by atoms with Gasteiger partial charge in [0.25, 0.3) is 0 Å². The lowest BCUT2D eigenvalue weighted by Gasteiger charge is -2.13. The Kier molecular flexibility index (Phi) is 3.51. The van der Waals surface area contributed by atoms with E-state index in [4.69, 9.17) is 5.11 Å². The SMILES string of the molecule is CS(=O)(=O)c1ccccc1CC(F)(F)C(=O)O. The van der Waals surface area contributed by atoms with Crippen molar-refractivity contribution in [3.8, 4) is 0 Å². The molecule has 1 aromatic rings. The predicted octanol–water partition coefficient (Wildman–Crippen LogP) is 1.35. The van der Waals surface area contributed by atoms with Crippen molar-refractivity contribution in [2.75, 3.05) is 6.26 Å². The molecule has 0 aliphatic heterocycles. The number of carboxylic acid groups (broad SMARTS) is 1. The Bertz CT molecular complexity index is 537. The van der Waals surface area contributed by atoms with Gasteiger partial charge in [-0.1, -0.05) is 18.2 Å². The van der Waals surface area contributed by atoms with Crippen LogP contribution in [0, 0.1) is 0 Å². The number of rotatable bonds is 4. The monoisotopic (exact) mass is 264 g/mol. The number of carbonyl (C=O) groups is 1. The van der Waals surface area contributed by atoms with Crippen molar-refractivity contribution in [1.82, 2.24) is 0 Å². The van der Waals surface area contributed by atoms with E-state index in [-0.39, 0.29) is 10.5 Å². The highest BCUT2D eigenvalue weighted by Crippen LogP contribution is 2.24. The van der Waals surface area contributed by atoms with Gasteiger partial charge < -0.3 is 5.11 Å². The molecular formula is C10H10F2O4S. The van der Waals surface area contributed by atoms with Gasteiger partial charge in [0.15, 0.2) is 9.84 Å². The summed E-state index contributed by atoms with van der Waals surface area (Å²) in [5, 5.41) is 8.30. The molecule has 94 valence electrons. The minimum atomic E-state index is -3.99. The van der Waals surface area contributed by atoms with E-state index in [1.54, 1.807) is 0 Å². The van der Waals surface area contributed by atoms with Gasteiger partial charge in [0.1, 0.15) is 0 Å². The second-order valence-corrected chi connectivity index (χ2v) is 5.55. The quantitative estimate of drug-likeness (QED) is 0.891. The minimum Gasteiger partial charge on any atom is -0.477 e. The van der Waals surface area contributed by atoms with E-state index in [0.29, 0.717) is 0 Å². The molecule has 1 N–H and O–H groups in total. The lowest BCUT2D eigenvalue weighted by molar-refractivity contribution is -0.164. The molecule has 1 aromatic carbocycles. The average Bonchev–Trinajstić information content (AvgIpc) is 2.15. The molecule has 4 nitrogen and oxygen atoms in total. The smallest absolute Gasteiger partial charge is 0.374 e. The van der Waals surface area contributed by atoms with Crippen molar-refractivity contribution in [3.63, 3.8) is 0 Å². The number of benzene rings is 1. The Balaban J connectivity index is 3.21. The summed E-state index contributed by atoms with van der Waals surface area (Å²) < 4.78 is 48.6. The van der Waals surface area contributed by atoms with Gasteiger partial charge in [-0.3, -0.25) is 0 Å². The van der Waals surface area contributed by atoms with Crippen LogP contribution in [-0.2, 0) is 21.1 Å². The number of alkyl halides is 2. The molecule has 0 spiro atoms. The van der Waals surface area contributed by atoms with Gasteiger partial charge in [-0.2, -0.15) is 8.78 Å². The highest BCUT2D eigenvalue weighted by molar-refractivity contribution is 7.90. The zero-order chi connectivity index (χ0) is 13.3. The number of hydrogen-bond donors (Lipinski definition) is 1. The fourth-order valence-corrected chi connectivity index (χ4v) is 2.27. The number of sulfone groups is 1. The molecule has 0 radical (unpaired) electrons. The molecule has 0 heterocycles. The highest BCUT2D eigenvalue weighted by atomic mass is 32.2. The van der Waals surface area contributed by atoms with Gasteiger partial charge in [0.2, 0.25) is 0 Å². The lowest BCUT2D eigenvalue weighted by Crippen LogP contribution is -2.31. The first kappa shape index (κ1) is 13.6. The van der Waals surface area contributed by atoms with E-state index in [0.717, 1.165) is 6.26 Å². The molecule has 0 aliphatic carbocycles. The molecule has 0 saturated heterocycles. The van der Waals surface area contributed by atoms with Crippen LogP contribution in [0.4, 0.5) is 8.78 Å². The van der Waals surface area contributed by atoms with E-state index in [1.807, 2.05) is 0 Å². The van der Waals surface area contributed by atoms with Crippen molar-refractivity contribution in [2.24, 2.45) is 0 Å². The van der Waals surface area contributed by atoms with Crippen molar-refractivity contribution < 1.29 is 27.1 Å². The Hall–Kier alpha value is -1.50. The number of halogens is 2. The van der Waals surface area contributed by atoms with Gasteiger partial charge in [-0.25, -0.2) is 13.2 Å². The molecule has 17 heavy (non-hydrogen) atoms. The second-order valence-electron chi connectivity index (χ2n) is 3.57. The lowest BCUT2D eigenvalue weighted by atomic mass is 10.1. The normalized spacial score (nSPS) is 12.4. The summed E-state index contributed by atoms with van der Waals surface area (Å²) in [6, 6.07) is 5.11. The van der Waals surface area contributed by atoms with E-state index in [2.05, 4.69) is 0 Å². The maximum atomic E-state index is 13.0. The second kappa shape index (κ2) is 4.40. The van der Waals surface area contributed by atoms with Crippen LogP contribution in [0.3, 0.4) is 0 Å². The maximum absolute atomic E-state index is 13.0. The van der Waals surface area contributed by atoms with Crippen molar-refractivity contribution in [3.05, 3.63) is 29.8 Å². The van der Waals surface area contributed by atoms with Gasteiger partial charge >= 0.3 is 11.9 Å².